The van der Waals surface area contributed by atoms with Gasteiger partial charge in [0.2, 0.25) is 5.91 Å². The summed E-state index contributed by atoms with van der Waals surface area (Å²) in [6.45, 7) is 5.38. The molecular formula is C29H31ClN2O6. The Balaban J connectivity index is 1.64. The number of aliphatic carboxylic acids is 1. The van der Waals surface area contributed by atoms with Crippen LogP contribution in [0.2, 0.25) is 5.02 Å². The quantitative estimate of drug-likeness (QED) is 0.475. The van der Waals surface area contributed by atoms with Crippen molar-refractivity contribution in [1.82, 2.24) is 4.90 Å². The minimum Gasteiger partial charge on any atom is -0.481 e. The predicted octanol–water partition coefficient (Wildman–Crippen LogP) is 3.23. The van der Waals surface area contributed by atoms with Crippen LogP contribution in [0.25, 0.3) is 0 Å². The Hall–Kier alpha value is -3.20. The van der Waals surface area contributed by atoms with E-state index >= 15 is 0 Å². The lowest BCUT2D eigenvalue weighted by molar-refractivity contribution is -0.151. The molecule has 2 bridgehead atoms. The molecule has 0 radical (unpaired) electrons. The number of benzene rings is 2. The summed E-state index contributed by atoms with van der Waals surface area (Å²) in [5, 5.41) is 20.9. The number of aliphatic hydroxyl groups is 1. The van der Waals surface area contributed by atoms with E-state index in [1.54, 1.807) is 18.2 Å². The Morgan fingerprint density at radius 2 is 2.00 bits per heavy atom. The van der Waals surface area contributed by atoms with Crippen LogP contribution in [-0.4, -0.2) is 69.8 Å². The van der Waals surface area contributed by atoms with Crippen molar-refractivity contribution in [3.05, 3.63) is 77.3 Å². The Labute approximate surface area is 226 Å². The molecule has 0 aliphatic carbocycles. The third kappa shape index (κ3) is 4.02. The highest BCUT2D eigenvalue weighted by Crippen LogP contribution is 2.59. The number of para-hydroxylation sites is 1. The van der Waals surface area contributed by atoms with Crippen LogP contribution >= 0.6 is 11.6 Å². The summed E-state index contributed by atoms with van der Waals surface area (Å²) in [5.74, 6) is -4.09. The molecule has 3 aliphatic heterocycles. The lowest BCUT2D eigenvalue weighted by Crippen LogP contribution is -2.59. The summed E-state index contributed by atoms with van der Waals surface area (Å²) in [5.41, 5.74) is 0.837. The van der Waals surface area contributed by atoms with E-state index in [2.05, 4.69) is 6.58 Å². The molecule has 2 aromatic carbocycles. The summed E-state index contributed by atoms with van der Waals surface area (Å²) in [6.07, 6.45) is 2.04. The molecule has 38 heavy (non-hydrogen) atoms. The molecule has 6 atom stereocenters. The SMILES string of the molecule is C=CCN(C(=O)[C@H]1N([C@@H](CO)Cc2ccccc2)C(=O)[C@@H]2[C@@H](C(=O)O)[C@H]3CC[C@]21O3)c1c(C)cccc1Cl. The van der Waals surface area contributed by atoms with Crippen LogP contribution in [0.3, 0.4) is 0 Å². The van der Waals surface area contributed by atoms with Gasteiger partial charge in [-0.1, -0.05) is 60.1 Å². The van der Waals surface area contributed by atoms with Crippen molar-refractivity contribution in [3.8, 4) is 0 Å². The molecule has 3 aliphatic rings. The number of aryl methyl sites for hydroxylation is 1. The van der Waals surface area contributed by atoms with Gasteiger partial charge >= 0.3 is 5.97 Å². The number of carboxylic acid groups (broad SMARTS) is 1. The predicted molar refractivity (Wildman–Crippen MR) is 142 cm³/mol. The van der Waals surface area contributed by atoms with E-state index in [-0.39, 0.29) is 6.54 Å². The number of nitrogens with zero attached hydrogens (tertiary/aromatic N) is 2. The lowest BCUT2D eigenvalue weighted by atomic mass is 9.70. The maximum absolute atomic E-state index is 14.6. The molecule has 8 nitrogen and oxygen atoms in total. The van der Waals surface area contributed by atoms with Gasteiger partial charge < -0.3 is 24.7 Å². The van der Waals surface area contributed by atoms with Crippen molar-refractivity contribution in [2.75, 3.05) is 18.1 Å². The minimum atomic E-state index is -1.30. The van der Waals surface area contributed by atoms with Crippen molar-refractivity contribution in [1.29, 1.82) is 0 Å². The molecule has 2 N–H and O–H groups in total. The first-order chi connectivity index (χ1) is 18.2. The van der Waals surface area contributed by atoms with Gasteiger partial charge in [-0.05, 0) is 43.4 Å². The van der Waals surface area contributed by atoms with Crippen LogP contribution in [0.4, 0.5) is 5.69 Å². The average molecular weight is 539 g/mol. The fourth-order valence-corrected chi connectivity index (χ4v) is 7.04. The van der Waals surface area contributed by atoms with Crippen LogP contribution < -0.4 is 4.90 Å². The molecule has 2 amide bonds. The van der Waals surface area contributed by atoms with Gasteiger partial charge in [-0.15, -0.1) is 6.58 Å². The number of halogens is 1. The van der Waals surface area contributed by atoms with Gasteiger partial charge in [-0.3, -0.25) is 14.4 Å². The maximum atomic E-state index is 14.6. The van der Waals surface area contributed by atoms with Gasteiger partial charge in [0.25, 0.3) is 5.91 Å². The van der Waals surface area contributed by atoms with Crippen molar-refractivity contribution in [3.63, 3.8) is 0 Å². The van der Waals surface area contributed by atoms with Gasteiger partial charge in [-0.2, -0.15) is 0 Å². The van der Waals surface area contributed by atoms with Gasteiger partial charge in [0.15, 0.2) is 0 Å². The van der Waals surface area contributed by atoms with Crippen molar-refractivity contribution in [2.45, 2.75) is 50.0 Å². The molecular weight excluding hydrogens is 508 g/mol. The highest BCUT2D eigenvalue weighted by atomic mass is 35.5. The second-order valence-electron chi connectivity index (χ2n) is 10.3. The van der Waals surface area contributed by atoms with E-state index in [1.165, 1.54) is 9.80 Å². The number of hydrogen-bond acceptors (Lipinski definition) is 5. The number of hydrogen-bond donors (Lipinski definition) is 2. The molecule has 3 heterocycles. The van der Waals surface area contributed by atoms with E-state index in [1.807, 2.05) is 43.3 Å². The molecule has 0 aromatic heterocycles. The summed E-state index contributed by atoms with van der Waals surface area (Å²) in [6, 6.07) is 12.8. The minimum absolute atomic E-state index is 0.122. The monoisotopic (exact) mass is 538 g/mol. The number of anilines is 1. The molecule has 2 aromatic rings. The molecule has 3 saturated heterocycles. The number of carbonyl (C=O) groups is 3. The second kappa shape index (κ2) is 10.2. The van der Waals surface area contributed by atoms with E-state index in [0.29, 0.717) is 30.0 Å². The van der Waals surface area contributed by atoms with Gasteiger partial charge in [0.1, 0.15) is 11.6 Å². The molecule has 1 spiro atoms. The molecule has 0 unspecified atom stereocenters. The highest BCUT2D eigenvalue weighted by molar-refractivity contribution is 6.34. The molecule has 3 fully saturated rings. The van der Waals surface area contributed by atoms with E-state index in [4.69, 9.17) is 16.3 Å². The van der Waals surface area contributed by atoms with E-state index in [0.717, 1.165) is 11.1 Å². The molecule has 5 rings (SSSR count). The normalized spacial score (nSPS) is 28.3. The Morgan fingerprint density at radius 3 is 2.63 bits per heavy atom. The topological polar surface area (TPSA) is 107 Å². The summed E-state index contributed by atoms with van der Waals surface area (Å²) in [7, 11) is 0. The van der Waals surface area contributed by atoms with Gasteiger partial charge in [0.05, 0.1) is 41.3 Å². The van der Waals surface area contributed by atoms with Crippen molar-refractivity contribution < 1.29 is 29.3 Å². The fourth-order valence-electron chi connectivity index (χ4n) is 6.72. The van der Waals surface area contributed by atoms with Crippen LogP contribution in [-0.2, 0) is 25.5 Å². The number of ether oxygens (including phenoxy) is 1. The van der Waals surface area contributed by atoms with E-state index < -0.39 is 60.0 Å². The number of fused-ring (bicyclic) bond motifs is 1. The number of amides is 2. The first kappa shape index (κ1) is 26.4. The number of likely N-dealkylation sites (tertiary alicyclic amines) is 1. The number of carbonyl (C=O) groups excluding carboxylic acids is 2. The third-order valence-corrected chi connectivity index (χ3v) is 8.52. The maximum Gasteiger partial charge on any atom is 0.310 e. The largest absolute Gasteiger partial charge is 0.481 e. The fraction of sp³-hybridized carbons (Fsp3) is 0.414. The van der Waals surface area contributed by atoms with Crippen LogP contribution in [0, 0.1) is 18.8 Å². The molecule has 9 heteroatoms. The second-order valence-corrected chi connectivity index (χ2v) is 10.7. The smallest absolute Gasteiger partial charge is 0.310 e. The van der Waals surface area contributed by atoms with Gasteiger partial charge in [-0.25, -0.2) is 0 Å². The zero-order valence-electron chi connectivity index (χ0n) is 21.1. The zero-order chi connectivity index (χ0) is 27.2. The Bertz CT molecular complexity index is 1250. The summed E-state index contributed by atoms with van der Waals surface area (Å²) in [4.78, 5) is 43.9. The lowest BCUT2D eigenvalue weighted by Gasteiger charge is -2.39. The van der Waals surface area contributed by atoms with Gasteiger partial charge in [0, 0.05) is 6.54 Å². The standard InChI is InChI=1S/C29H31ClN2O6/c1-3-14-31(24-17(2)8-7-11-20(24)30)27(35)25-29-13-12-21(38-29)22(28(36)37)23(29)26(34)32(25)19(16-33)15-18-9-5-4-6-10-18/h3-11,19,21-23,25,33H,1,12-16H2,2H3,(H,36,37)/t19-,21-,22+,23+,25-,29+/m1/s1. The van der Waals surface area contributed by atoms with Crippen LogP contribution in [0.15, 0.2) is 61.2 Å². The first-order valence-electron chi connectivity index (χ1n) is 12.8. The zero-order valence-corrected chi connectivity index (χ0v) is 21.9. The van der Waals surface area contributed by atoms with Crippen LogP contribution in [0.5, 0.6) is 0 Å². The Kier molecular flexibility index (Phi) is 7.07. The first-order valence-corrected chi connectivity index (χ1v) is 13.2. The third-order valence-electron chi connectivity index (χ3n) is 8.21. The van der Waals surface area contributed by atoms with Crippen molar-refractivity contribution >= 4 is 35.1 Å². The number of aliphatic hydroxyl groups excluding tert-OH is 1. The Morgan fingerprint density at radius 1 is 1.26 bits per heavy atom. The molecule has 200 valence electrons. The summed E-state index contributed by atoms with van der Waals surface area (Å²) >= 11 is 6.57. The molecule has 0 saturated carbocycles. The summed E-state index contributed by atoms with van der Waals surface area (Å²) < 4.78 is 6.33. The highest BCUT2D eigenvalue weighted by Gasteiger charge is 2.75. The number of rotatable bonds is 9. The average Bonchev–Trinajstić information content (AvgIpc) is 3.54. The van der Waals surface area contributed by atoms with Crippen molar-refractivity contribution in [2.24, 2.45) is 11.8 Å². The number of carboxylic acids is 1. The van der Waals surface area contributed by atoms with E-state index in [9.17, 15) is 24.6 Å². The van der Waals surface area contributed by atoms with Crippen LogP contribution in [0.1, 0.15) is 24.0 Å².